The third-order valence-corrected chi connectivity index (χ3v) is 2.89. The van der Waals surface area contributed by atoms with Crippen LogP contribution in [-0.2, 0) is 0 Å². The van der Waals surface area contributed by atoms with Crippen molar-refractivity contribution in [3.05, 3.63) is 12.2 Å². The van der Waals surface area contributed by atoms with E-state index in [0.29, 0.717) is 12.5 Å². The zero-order chi connectivity index (χ0) is 12.0. The summed E-state index contributed by atoms with van der Waals surface area (Å²) in [5.74, 6) is 0. The van der Waals surface area contributed by atoms with Crippen LogP contribution in [0.1, 0.15) is 33.1 Å². The second-order valence-electron chi connectivity index (χ2n) is 4.88. The van der Waals surface area contributed by atoms with E-state index in [1.165, 1.54) is 18.4 Å². The van der Waals surface area contributed by atoms with Gasteiger partial charge in [-0.2, -0.15) is 5.26 Å². The maximum Gasteiger partial charge on any atom is 0.0635 e. The van der Waals surface area contributed by atoms with Gasteiger partial charge >= 0.3 is 0 Å². The first-order chi connectivity index (χ1) is 7.63. The van der Waals surface area contributed by atoms with E-state index >= 15 is 0 Å². The summed E-state index contributed by atoms with van der Waals surface area (Å²) >= 11 is 0. The Labute approximate surface area is 99.1 Å². The highest BCUT2D eigenvalue weighted by atomic mass is 15.1. The van der Waals surface area contributed by atoms with Crippen LogP contribution >= 0.6 is 0 Å². The van der Waals surface area contributed by atoms with Crippen molar-refractivity contribution in [1.29, 1.82) is 5.26 Å². The molecule has 0 atom stereocenters. The molecule has 16 heavy (non-hydrogen) atoms. The van der Waals surface area contributed by atoms with E-state index in [4.69, 9.17) is 5.26 Å². The standard InChI is InChI=1S/C13H23N3/c1-11(2)16(8-4-7-14)10-12(3)9-15-13-5-6-13/h11,13,15H,3-6,8-10H2,1-2H3. The van der Waals surface area contributed by atoms with Crippen LogP contribution in [0.4, 0.5) is 0 Å². The molecule has 0 bridgehead atoms. The molecule has 3 nitrogen and oxygen atoms in total. The lowest BCUT2D eigenvalue weighted by atomic mass is 10.2. The molecule has 0 aromatic rings. The third-order valence-electron chi connectivity index (χ3n) is 2.89. The van der Waals surface area contributed by atoms with Crippen molar-refractivity contribution in [2.75, 3.05) is 19.6 Å². The van der Waals surface area contributed by atoms with Gasteiger partial charge in [0.05, 0.1) is 6.07 Å². The topological polar surface area (TPSA) is 39.1 Å². The first-order valence-corrected chi connectivity index (χ1v) is 6.14. The lowest BCUT2D eigenvalue weighted by molar-refractivity contribution is 0.244. The van der Waals surface area contributed by atoms with Gasteiger partial charge in [-0.25, -0.2) is 0 Å². The van der Waals surface area contributed by atoms with Gasteiger partial charge in [-0.05, 0) is 32.3 Å². The van der Waals surface area contributed by atoms with Crippen LogP contribution in [0.5, 0.6) is 0 Å². The van der Waals surface area contributed by atoms with Crippen LogP contribution < -0.4 is 5.32 Å². The van der Waals surface area contributed by atoms with Crippen molar-refractivity contribution in [3.8, 4) is 6.07 Å². The highest BCUT2D eigenvalue weighted by Gasteiger charge is 2.20. The summed E-state index contributed by atoms with van der Waals surface area (Å²) in [6.45, 7) is 11.1. The number of rotatable bonds is 8. The fraction of sp³-hybridized carbons (Fsp3) is 0.769. The summed E-state index contributed by atoms with van der Waals surface area (Å²) in [4.78, 5) is 2.31. The third kappa shape index (κ3) is 5.29. The van der Waals surface area contributed by atoms with Gasteiger partial charge in [0.15, 0.2) is 0 Å². The van der Waals surface area contributed by atoms with Crippen molar-refractivity contribution < 1.29 is 0 Å². The van der Waals surface area contributed by atoms with Crippen LogP contribution in [0.3, 0.4) is 0 Å². The van der Waals surface area contributed by atoms with Gasteiger partial charge in [-0.15, -0.1) is 0 Å². The first-order valence-electron chi connectivity index (χ1n) is 6.14. The molecule has 1 aliphatic carbocycles. The van der Waals surface area contributed by atoms with Gasteiger partial charge in [0, 0.05) is 38.1 Å². The largest absolute Gasteiger partial charge is 0.310 e. The average molecular weight is 221 g/mol. The monoisotopic (exact) mass is 221 g/mol. The lowest BCUT2D eigenvalue weighted by Crippen LogP contribution is -2.35. The minimum atomic E-state index is 0.478. The molecule has 1 N–H and O–H groups in total. The average Bonchev–Trinajstić information content (AvgIpc) is 3.04. The number of hydrogen-bond donors (Lipinski definition) is 1. The Kier molecular flexibility index (Phi) is 5.51. The van der Waals surface area contributed by atoms with E-state index in [2.05, 4.69) is 36.7 Å². The van der Waals surface area contributed by atoms with Gasteiger partial charge in [0.1, 0.15) is 0 Å². The molecule has 0 amide bonds. The molecule has 0 aromatic carbocycles. The maximum atomic E-state index is 8.60. The Bertz CT molecular complexity index is 261. The van der Waals surface area contributed by atoms with Gasteiger partial charge in [0.2, 0.25) is 0 Å². The number of nitriles is 1. The maximum absolute atomic E-state index is 8.60. The molecule has 0 aromatic heterocycles. The normalized spacial score (nSPS) is 15.4. The predicted octanol–water partition coefficient (Wildman–Crippen LogP) is 1.92. The molecule has 0 heterocycles. The van der Waals surface area contributed by atoms with Crippen molar-refractivity contribution in [3.63, 3.8) is 0 Å². The van der Waals surface area contributed by atoms with Crippen LogP contribution in [0, 0.1) is 11.3 Å². The first kappa shape index (κ1) is 13.2. The quantitative estimate of drug-likeness (QED) is 0.636. The van der Waals surface area contributed by atoms with E-state index in [-0.39, 0.29) is 0 Å². The number of nitrogens with one attached hydrogen (secondary N) is 1. The summed E-state index contributed by atoms with van der Waals surface area (Å²) in [7, 11) is 0. The van der Waals surface area contributed by atoms with E-state index in [1.54, 1.807) is 0 Å². The SMILES string of the molecule is C=C(CNC1CC1)CN(CCC#N)C(C)C. The summed E-state index contributed by atoms with van der Waals surface area (Å²) in [6, 6.07) is 3.42. The zero-order valence-corrected chi connectivity index (χ0v) is 10.5. The van der Waals surface area contributed by atoms with Gasteiger partial charge in [0.25, 0.3) is 0 Å². The van der Waals surface area contributed by atoms with Crippen molar-refractivity contribution in [2.45, 2.75) is 45.2 Å². The molecule has 0 aliphatic heterocycles. The molecule has 90 valence electrons. The molecular formula is C13H23N3. The molecule has 0 saturated heterocycles. The summed E-state index contributed by atoms with van der Waals surface area (Å²) in [5, 5.41) is 12.1. The predicted molar refractivity (Wildman–Crippen MR) is 67.1 cm³/mol. The van der Waals surface area contributed by atoms with Crippen LogP contribution in [0.2, 0.25) is 0 Å². The smallest absolute Gasteiger partial charge is 0.0635 e. The molecule has 0 radical (unpaired) electrons. The number of hydrogen-bond acceptors (Lipinski definition) is 3. The number of nitrogens with zero attached hydrogens (tertiary/aromatic N) is 2. The Morgan fingerprint density at radius 1 is 1.56 bits per heavy atom. The fourth-order valence-corrected chi connectivity index (χ4v) is 1.63. The van der Waals surface area contributed by atoms with Gasteiger partial charge in [-0.1, -0.05) is 6.58 Å². The Morgan fingerprint density at radius 2 is 2.25 bits per heavy atom. The van der Waals surface area contributed by atoms with Crippen LogP contribution in [0.15, 0.2) is 12.2 Å². The summed E-state index contributed by atoms with van der Waals surface area (Å²) in [6.07, 6.45) is 3.23. The van der Waals surface area contributed by atoms with Crippen molar-refractivity contribution in [1.82, 2.24) is 10.2 Å². The summed E-state index contributed by atoms with van der Waals surface area (Å²) in [5.41, 5.74) is 1.22. The highest BCUT2D eigenvalue weighted by molar-refractivity contribution is 5.02. The molecule has 0 unspecified atom stereocenters. The van der Waals surface area contributed by atoms with Crippen molar-refractivity contribution >= 4 is 0 Å². The molecule has 3 heteroatoms. The molecule has 1 fully saturated rings. The zero-order valence-electron chi connectivity index (χ0n) is 10.5. The molecule has 1 saturated carbocycles. The van der Waals surface area contributed by atoms with Crippen LogP contribution in [0.25, 0.3) is 0 Å². The molecular weight excluding hydrogens is 198 g/mol. The second-order valence-corrected chi connectivity index (χ2v) is 4.88. The Balaban J connectivity index is 2.22. The second kappa shape index (κ2) is 6.67. The van der Waals surface area contributed by atoms with E-state index < -0.39 is 0 Å². The van der Waals surface area contributed by atoms with Gasteiger partial charge < -0.3 is 5.32 Å². The van der Waals surface area contributed by atoms with Crippen molar-refractivity contribution in [2.24, 2.45) is 0 Å². The molecule has 0 spiro atoms. The van der Waals surface area contributed by atoms with Crippen LogP contribution in [-0.4, -0.2) is 36.6 Å². The fourth-order valence-electron chi connectivity index (χ4n) is 1.63. The highest BCUT2D eigenvalue weighted by Crippen LogP contribution is 2.18. The lowest BCUT2D eigenvalue weighted by Gasteiger charge is -2.26. The Hall–Kier alpha value is -0.850. The minimum Gasteiger partial charge on any atom is -0.310 e. The molecule has 1 rings (SSSR count). The van der Waals surface area contributed by atoms with E-state index in [9.17, 15) is 0 Å². The van der Waals surface area contributed by atoms with E-state index in [0.717, 1.165) is 25.7 Å². The summed E-state index contributed by atoms with van der Waals surface area (Å²) < 4.78 is 0. The van der Waals surface area contributed by atoms with E-state index in [1.807, 2.05) is 0 Å². The minimum absolute atomic E-state index is 0.478. The molecule has 1 aliphatic rings. The van der Waals surface area contributed by atoms with Gasteiger partial charge in [-0.3, -0.25) is 4.90 Å². The Morgan fingerprint density at radius 3 is 2.75 bits per heavy atom.